The molecule has 0 amide bonds. The van der Waals surface area contributed by atoms with Crippen LogP contribution in [-0.2, 0) is 14.6 Å². The Morgan fingerprint density at radius 1 is 0.929 bits per heavy atom. The van der Waals surface area contributed by atoms with Crippen LogP contribution in [0.1, 0.15) is 0 Å². The summed E-state index contributed by atoms with van der Waals surface area (Å²) in [5.74, 6) is 0.877. The lowest BCUT2D eigenvalue weighted by Crippen LogP contribution is -2.08. The van der Waals surface area contributed by atoms with Gasteiger partial charge in [-0.2, -0.15) is 5.10 Å². The van der Waals surface area contributed by atoms with E-state index >= 15 is 0 Å². The van der Waals surface area contributed by atoms with Gasteiger partial charge in [0.05, 0.1) is 23.0 Å². The smallest absolute Gasteiger partial charge is 0.206 e. The third-order valence-corrected chi connectivity index (χ3v) is 6.23. The number of H-pyrrole nitrogens is 1. The van der Waals surface area contributed by atoms with Crippen LogP contribution in [0.4, 0.5) is 0 Å². The van der Waals surface area contributed by atoms with Crippen molar-refractivity contribution in [3.05, 3.63) is 53.6 Å². The molecule has 1 aliphatic heterocycles. The van der Waals surface area contributed by atoms with Crippen LogP contribution in [0.15, 0.2) is 58.6 Å². The molecule has 0 spiro atoms. The highest BCUT2D eigenvalue weighted by atomic mass is 32.2. The molecule has 10 heteroatoms. The van der Waals surface area contributed by atoms with Gasteiger partial charge in [-0.05, 0) is 48.6 Å². The fraction of sp³-hybridized carbons (Fsp3) is 0.222. The van der Waals surface area contributed by atoms with Crippen LogP contribution in [0.2, 0.25) is 0 Å². The maximum atomic E-state index is 13.0. The predicted octanol–water partition coefficient (Wildman–Crippen LogP) is 2.55. The van der Waals surface area contributed by atoms with Gasteiger partial charge >= 0.3 is 0 Å². The van der Waals surface area contributed by atoms with Gasteiger partial charge in [-0.25, -0.2) is 8.42 Å². The molecule has 0 unspecified atom stereocenters. The molecule has 146 valence electrons. The van der Waals surface area contributed by atoms with Crippen molar-refractivity contribution in [2.45, 2.75) is 9.79 Å². The van der Waals surface area contributed by atoms with Crippen LogP contribution < -0.4 is 9.47 Å². The van der Waals surface area contributed by atoms with Gasteiger partial charge in [0.15, 0.2) is 16.3 Å². The first-order chi connectivity index (χ1) is 13.6. The Kier molecular flexibility index (Phi) is 5.16. The Hall–Kier alpha value is -2.69. The van der Waals surface area contributed by atoms with Crippen LogP contribution in [0.25, 0.3) is 5.69 Å². The van der Waals surface area contributed by atoms with Crippen molar-refractivity contribution >= 4 is 22.1 Å². The fourth-order valence-corrected chi connectivity index (χ4v) is 4.25. The van der Waals surface area contributed by atoms with Gasteiger partial charge in [0.1, 0.15) is 19.5 Å². The average Bonchev–Trinajstić information content (AvgIpc) is 3.17. The lowest BCUT2D eigenvalue weighted by molar-refractivity contribution is 0.0877. The highest BCUT2D eigenvalue weighted by Crippen LogP contribution is 2.33. The Morgan fingerprint density at radius 3 is 2.29 bits per heavy atom. The third kappa shape index (κ3) is 3.66. The number of rotatable bonds is 3. The van der Waals surface area contributed by atoms with E-state index in [1.807, 2.05) is 0 Å². The summed E-state index contributed by atoms with van der Waals surface area (Å²) < 4.78 is 44.7. The Balaban J connectivity index is 1.66. The van der Waals surface area contributed by atoms with Crippen molar-refractivity contribution in [3.63, 3.8) is 0 Å². The maximum Gasteiger partial charge on any atom is 0.206 e. The van der Waals surface area contributed by atoms with Gasteiger partial charge in [0, 0.05) is 11.8 Å². The van der Waals surface area contributed by atoms with E-state index < -0.39 is 9.84 Å². The van der Waals surface area contributed by atoms with Gasteiger partial charge in [-0.3, -0.25) is 9.67 Å². The Labute approximate surface area is 166 Å². The van der Waals surface area contributed by atoms with Gasteiger partial charge in [0.2, 0.25) is 9.84 Å². The van der Waals surface area contributed by atoms with Gasteiger partial charge in [-0.1, -0.05) is 0 Å². The molecule has 2 heterocycles. The lowest BCUT2D eigenvalue weighted by atomic mass is 10.3. The van der Waals surface area contributed by atoms with Crippen molar-refractivity contribution in [1.29, 1.82) is 0 Å². The molecule has 0 fully saturated rings. The molecular formula is C18H17N3O5S2. The first-order valence-corrected chi connectivity index (χ1v) is 10.4. The highest BCUT2D eigenvalue weighted by molar-refractivity contribution is 7.91. The van der Waals surface area contributed by atoms with E-state index in [4.69, 9.17) is 26.4 Å². The monoisotopic (exact) mass is 419 g/mol. The van der Waals surface area contributed by atoms with Crippen molar-refractivity contribution in [2.75, 3.05) is 26.4 Å². The molecule has 1 aliphatic rings. The molecule has 2 aromatic carbocycles. The summed E-state index contributed by atoms with van der Waals surface area (Å²) in [7, 11) is -3.72. The second-order valence-electron chi connectivity index (χ2n) is 5.95. The molecule has 0 aliphatic carbocycles. The SMILES string of the molecule is O=S(=O)(c1ccc(-n2cn[nH]c2=S)cc1)c1ccc2c(c1)OCCOCCO2. The zero-order valence-corrected chi connectivity index (χ0v) is 16.3. The largest absolute Gasteiger partial charge is 0.487 e. The minimum Gasteiger partial charge on any atom is -0.487 e. The molecule has 28 heavy (non-hydrogen) atoms. The van der Waals surface area contributed by atoms with E-state index in [1.54, 1.807) is 22.8 Å². The van der Waals surface area contributed by atoms with Crippen LogP contribution in [-0.4, -0.2) is 49.6 Å². The minimum absolute atomic E-state index is 0.127. The zero-order chi connectivity index (χ0) is 19.6. The number of sulfone groups is 1. The number of nitrogens with zero attached hydrogens (tertiary/aromatic N) is 2. The van der Waals surface area contributed by atoms with Crippen molar-refractivity contribution in [3.8, 4) is 17.2 Å². The second kappa shape index (κ2) is 7.74. The van der Waals surface area contributed by atoms with Crippen molar-refractivity contribution in [2.24, 2.45) is 0 Å². The molecule has 0 saturated carbocycles. The van der Waals surface area contributed by atoms with E-state index in [9.17, 15) is 8.42 Å². The van der Waals surface area contributed by atoms with Crippen LogP contribution in [0.5, 0.6) is 11.5 Å². The molecule has 0 bridgehead atoms. The Morgan fingerprint density at radius 2 is 1.61 bits per heavy atom. The normalized spacial score (nSPS) is 14.7. The Bertz CT molecular complexity index is 1140. The molecule has 8 nitrogen and oxygen atoms in total. The number of aromatic nitrogens is 3. The van der Waals surface area contributed by atoms with E-state index in [1.165, 1.54) is 30.6 Å². The van der Waals surface area contributed by atoms with Crippen LogP contribution >= 0.6 is 12.2 Å². The summed E-state index contributed by atoms with van der Waals surface area (Å²) in [6.07, 6.45) is 1.53. The molecule has 3 aromatic rings. The summed E-state index contributed by atoms with van der Waals surface area (Å²) in [4.78, 5) is 0.293. The van der Waals surface area contributed by atoms with Crippen LogP contribution in [0, 0.1) is 4.77 Å². The van der Waals surface area contributed by atoms with Gasteiger partial charge in [-0.15, -0.1) is 0 Å². The predicted molar refractivity (Wildman–Crippen MR) is 102 cm³/mol. The highest BCUT2D eigenvalue weighted by Gasteiger charge is 2.21. The van der Waals surface area contributed by atoms with Crippen molar-refractivity contribution < 1.29 is 22.6 Å². The van der Waals surface area contributed by atoms with E-state index in [2.05, 4.69) is 10.2 Å². The van der Waals surface area contributed by atoms with Crippen molar-refractivity contribution in [1.82, 2.24) is 14.8 Å². The van der Waals surface area contributed by atoms with E-state index in [-0.39, 0.29) is 9.79 Å². The number of fused-ring (bicyclic) bond motifs is 1. The number of nitrogens with one attached hydrogen (secondary N) is 1. The molecule has 0 saturated heterocycles. The lowest BCUT2D eigenvalue weighted by Gasteiger charge is -2.12. The number of aromatic amines is 1. The topological polar surface area (TPSA) is 95.4 Å². The number of ether oxygens (including phenoxy) is 3. The molecule has 4 rings (SSSR count). The standard InChI is InChI=1S/C18H17N3O5S2/c22-28(23,14-3-1-13(2-4-14)21-12-19-20-18(21)27)15-5-6-16-17(11-15)26-10-8-24-7-9-25-16/h1-6,11-12H,7-10H2,(H,20,27). The average molecular weight is 419 g/mol. The summed E-state index contributed by atoms with van der Waals surface area (Å²) in [6, 6.07) is 11.0. The quantitative estimate of drug-likeness (QED) is 0.652. The number of benzene rings is 2. The summed E-state index contributed by atoms with van der Waals surface area (Å²) in [5, 5.41) is 6.52. The number of hydrogen-bond donors (Lipinski definition) is 1. The summed E-state index contributed by atoms with van der Waals surface area (Å²) in [6.45, 7) is 1.56. The summed E-state index contributed by atoms with van der Waals surface area (Å²) >= 11 is 5.13. The first kappa shape index (κ1) is 18.7. The minimum atomic E-state index is -3.72. The molecule has 1 N–H and O–H groups in total. The first-order valence-electron chi connectivity index (χ1n) is 8.51. The summed E-state index contributed by atoms with van der Waals surface area (Å²) in [5.41, 5.74) is 0.712. The van der Waals surface area contributed by atoms with Crippen LogP contribution in [0.3, 0.4) is 0 Å². The molecule has 1 aromatic heterocycles. The zero-order valence-electron chi connectivity index (χ0n) is 14.7. The third-order valence-electron chi connectivity index (χ3n) is 4.17. The molecule has 0 radical (unpaired) electrons. The number of hydrogen-bond acceptors (Lipinski definition) is 7. The van der Waals surface area contributed by atoms with E-state index in [0.717, 1.165) is 0 Å². The fourth-order valence-electron chi connectivity index (χ4n) is 2.76. The van der Waals surface area contributed by atoms with E-state index in [0.29, 0.717) is 48.4 Å². The maximum absolute atomic E-state index is 13.0. The van der Waals surface area contributed by atoms with Gasteiger partial charge in [0.25, 0.3) is 0 Å². The molecular weight excluding hydrogens is 402 g/mol. The molecule has 0 atom stereocenters. The van der Waals surface area contributed by atoms with Gasteiger partial charge < -0.3 is 14.2 Å². The second-order valence-corrected chi connectivity index (χ2v) is 8.28.